The van der Waals surface area contributed by atoms with Gasteiger partial charge in [-0.05, 0) is 55.9 Å². The highest BCUT2D eigenvalue weighted by Gasteiger charge is 2.31. The predicted octanol–water partition coefficient (Wildman–Crippen LogP) is 2.91. The van der Waals surface area contributed by atoms with Gasteiger partial charge in [0.15, 0.2) is 5.82 Å². The van der Waals surface area contributed by atoms with Gasteiger partial charge in [0.1, 0.15) is 12.3 Å². The summed E-state index contributed by atoms with van der Waals surface area (Å²) < 4.78 is 28.6. The zero-order chi connectivity index (χ0) is 32.7. The normalized spacial score (nSPS) is 16.6. The average Bonchev–Trinajstić information content (AvgIpc) is 3.04. The second-order valence-electron chi connectivity index (χ2n) is 11.4. The number of halogens is 2. The minimum Gasteiger partial charge on any atom is -0.369 e. The van der Waals surface area contributed by atoms with Crippen LogP contribution in [0.4, 0.5) is 25.8 Å². The molecular formula is C31H38F2N6O6. The number of likely N-dealkylation sites (N-methyl/N-ethyl adjacent to an activating group) is 1. The molecule has 1 atom stereocenters. The van der Waals surface area contributed by atoms with Crippen molar-refractivity contribution in [2.24, 2.45) is 5.92 Å². The fourth-order valence-electron chi connectivity index (χ4n) is 6.09. The molecule has 12 nitrogen and oxygen atoms in total. The molecule has 1 N–H and O–H groups in total. The van der Waals surface area contributed by atoms with Crippen LogP contribution in [-0.2, 0) is 14.4 Å². The number of anilines is 2. The summed E-state index contributed by atoms with van der Waals surface area (Å²) >= 11 is 0. The molecule has 0 bridgehead atoms. The van der Waals surface area contributed by atoms with E-state index in [1.165, 1.54) is 7.05 Å². The highest BCUT2D eigenvalue weighted by Crippen LogP contribution is 2.31. The molecule has 2 aromatic carbocycles. The third-order valence-electron chi connectivity index (χ3n) is 8.65. The van der Waals surface area contributed by atoms with Crippen molar-refractivity contribution in [3.63, 3.8) is 0 Å². The smallest absolute Gasteiger partial charge is 0.307 e. The Morgan fingerprint density at radius 3 is 2.31 bits per heavy atom. The van der Waals surface area contributed by atoms with E-state index in [-0.39, 0.29) is 18.5 Å². The van der Waals surface area contributed by atoms with E-state index in [9.17, 15) is 38.1 Å². The number of hydrogen-bond acceptors (Lipinski definition) is 9. The van der Waals surface area contributed by atoms with Crippen LogP contribution in [0.15, 0.2) is 30.3 Å². The van der Waals surface area contributed by atoms with Gasteiger partial charge in [0.05, 0.1) is 16.7 Å². The highest BCUT2D eigenvalue weighted by molar-refractivity contribution is 6.04. The molecule has 2 aliphatic heterocycles. The first-order valence-electron chi connectivity index (χ1n) is 15.0. The van der Waals surface area contributed by atoms with Crippen LogP contribution in [0.1, 0.15) is 41.6 Å². The van der Waals surface area contributed by atoms with Crippen molar-refractivity contribution in [2.75, 3.05) is 62.7 Å². The number of nitrogens with one attached hydrogen (secondary N) is 1. The lowest BCUT2D eigenvalue weighted by atomic mass is 9.95. The molecule has 0 aliphatic carbocycles. The number of aldehydes is 1. The summed E-state index contributed by atoms with van der Waals surface area (Å²) in [6, 6.07) is 5.84. The Hall–Kier alpha value is -4.46. The summed E-state index contributed by atoms with van der Waals surface area (Å²) in [6.45, 7) is 6.91. The molecule has 4 rings (SSSR count). The summed E-state index contributed by atoms with van der Waals surface area (Å²) in [4.78, 5) is 65.5. The Bertz CT molecular complexity index is 1430. The van der Waals surface area contributed by atoms with Gasteiger partial charge in [-0.25, -0.2) is 4.39 Å². The van der Waals surface area contributed by atoms with E-state index in [1.54, 1.807) is 17.9 Å². The number of nitro groups is 1. The Labute approximate surface area is 260 Å². The largest absolute Gasteiger partial charge is 0.369 e. The summed E-state index contributed by atoms with van der Waals surface area (Å²) in [5, 5.41) is 13.3. The molecule has 3 amide bonds. The Morgan fingerprint density at radius 2 is 1.73 bits per heavy atom. The van der Waals surface area contributed by atoms with Crippen LogP contribution in [-0.4, -0.2) is 98.1 Å². The van der Waals surface area contributed by atoms with Gasteiger partial charge in [-0.2, -0.15) is 4.39 Å². The first-order valence-corrected chi connectivity index (χ1v) is 15.0. The number of hydrogen-bond donors (Lipinski definition) is 1. The van der Waals surface area contributed by atoms with E-state index in [1.807, 2.05) is 12.1 Å². The lowest BCUT2D eigenvalue weighted by Crippen LogP contribution is -2.49. The maximum atomic E-state index is 14.5. The number of carbonyl (C=O) groups excluding carboxylic acids is 4. The van der Waals surface area contributed by atoms with Gasteiger partial charge >= 0.3 is 5.69 Å². The number of imide groups is 1. The topological polar surface area (TPSA) is 136 Å². The fraction of sp³-hybridized carbons (Fsp3) is 0.484. The Balaban J connectivity index is 1.30. The van der Waals surface area contributed by atoms with Crippen LogP contribution in [0, 0.1) is 34.6 Å². The van der Waals surface area contributed by atoms with Gasteiger partial charge < -0.3 is 19.9 Å². The molecule has 2 heterocycles. The van der Waals surface area contributed by atoms with E-state index >= 15 is 0 Å². The zero-order valence-electron chi connectivity index (χ0n) is 25.4. The first kappa shape index (κ1) is 33.4. The minimum atomic E-state index is -1.09. The van der Waals surface area contributed by atoms with Crippen LogP contribution in [0.2, 0.25) is 0 Å². The number of aryl methyl sites for hydroxylation is 1. The highest BCUT2D eigenvalue weighted by atomic mass is 19.1. The molecule has 242 valence electrons. The number of piperazine rings is 1. The molecular weight excluding hydrogens is 590 g/mol. The molecule has 45 heavy (non-hydrogen) atoms. The van der Waals surface area contributed by atoms with Gasteiger partial charge in [-0.15, -0.1) is 0 Å². The molecule has 0 aromatic heterocycles. The van der Waals surface area contributed by atoms with Crippen LogP contribution in [0.5, 0.6) is 0 Å². The summed E-state index contributed by atoms with van der Waals surface area (Å²) in [5.74, 6) is -2.59. The third kappa shape index (κ3) is 7.80. The molecule has 0 radical (unpaired) electrons. The summed E-state index contributed by atoms with van der Waals surface area (Å²) in [6.07, 6.45) is 2.62. The number of amides is 3. The van der Waals surface area contributed by atoms with Crippen molar-refractivity contribution in [3.05, 3.63) is 63.2 Å². The number of nitrogens with zero attached hydrogens (tertiary/aromatic N) is 5. The van der Waals surface area contributed by atoms with Crippen LogP contribution in [0.3, 0.4) is 0 Å². The van der Waals surface area contributed by atoms with E-state index in [4.69, 9.17) is 0 Å². The van der Waals surface area contributed by atoms with Gasteiger partial charge in [0.2, 0.25) is 18.1 Å². The monoisotopic (exact) mass is 628 g/mol. The third-order valence-corrected chi connectivity index (χ3v) is 8.65. The maximum Gasteiger partial charge on any atom is 0.307 e. The average molecular weight is 629 g/mol. The standard InChI is InChI=1S/C31H38F2N6O6/c1-21-16-23(5-6-24(21)31(43)38(20-41)27(4-3-15-40)30(42)34-2)36-13-11-35(12-14-36)19-22-7-9-37(10-8-22)28-17-26(33)29(39(44)45)18-25(28)32/h5-6,15-18,20,22,27H,3-4,7-14,19H2,1-2H3,(H,34,42). The van der Waals surface area contributed by atoms with Crippen molar-refractivity contribution >= 4 is 41.6 Å². The number of benzene rings is 2. The molecule has 0 saturated carbocycles. The molecule has 1 unspecified atom stereocenters. The summed E-state index contributed by atoms with van der Waals surface area (Å²) in [7, 11) is 1.40. The minimum absolute atomic E-state index is 0.0299. The second kappa shape index (κ2) is 15.0. The maximum absolute atomic E-state index is 14.5. The van der Waals surface area contributed by atoms with Crippen molar-refractivity contribution in [3.8, 4) is 0 Å². The van der Waals surface area contributed by atoms with E-state index in [2.05, 4.69) is 15.1 Å². The molecule has 2 aliphatic rings. The number of rotatable bonds is 12. The van der Waals surface area contributed by atoms with E-state index in [0.717, 1.165) is 62.2 Å². The molecule has 2 aromatic rings. The summed E-state index contributed by atoms with van der Waals surface area (Å²) in [5.41, 5.74) is 1.08. The van der Waals surface area contributed by atoms with E-state index < -0.39 is 40.1 Å². The lowest BCUT2D eigenvalue weighted by Gasteiger charge is -2.40. The SMILES string of the molecule is CNC(=O)C(CCC=O)N(C=O)C(=O)c1ccc(N2CCN(CC3CCN(c4cc(F)c([N+](=O)[O-])cc4F)CC3)CC2)cc1C. The molecule has 2 fully saturated rings. The van der Waals surface area contributed by atoms with Crippen LogP contribution in [0.25, 0.3) is 0 Å². The van der Waals surface area contributed by atoms with Crippen LogP contribution < -0.4 is 15.1 Å². The van der Waals surface area contributed by atoms with Gasteiger partial charge in [-0.3, -0.25) is 34.3 Å². The van der Waals surface area contributed by atoms with Crippen LogP contribution >= 0.6 is 0 Å². The second-order valence-corrected chi connectivity index (χ2v) is 11.4. The van der Waals surface area contributed by atoms with E-state index in [0.29, 0.717) is 48.9 Å². The van der Waals surface area contributed by atoms with Gasteiger partial charge in [0, 0.05) is 76.6 Å². The first-order chi connectivity index (χ1) is 21.6. The molecule has 14 heteroatoms. The number of carbonyl (C=O) groups is 4. The zero-order valence-corrected chi connectivity index (χ0v) is 25.4. The molecule has 2 saturated heterocycles. The van der Waals surface area contributed by atoms with Crippen molar-refractivity contribution in [1.29, 1.82) is 0 Å². The van der Waals surface area contributed by atoms with Gasteiger partial charge in [-0.1, -0.05) is 0 Å². The van der Waals surface area contributed by atoms with Crippen molar-refractivity contribution in [2.45, 2.75) is 38.6 Å². The van der Waals surface area contributed by atoms with Crippen molar-refractivity contribution < 1.29 is 32.9 Å². The molecule has 0 spiro atoms. The quantitative estimate of drug-likeness (QED) is 0.214. The van der Waals surface area contributed by atoms with Gasteiger partial charge in [0.25, 0.3) is 5.91 Å². The van der Waals surface area contributed by atoms with Crippen molar-refractivity contribution in [1.82, 2.24) is 15.1 Å². The predicted molar refractivity (Wildman–Crippen MR) is 163 cm³/mol. The Morgan fingerprint density at radius 1 is 1.04 bits per heavy atom. The number of nitro benzene ring substituents is 1. The number of piperidine rings is 1. The fourth-order valence-corrected chi connectivity index (χ4v) is 6.09. The Kier molecular flexibility index (Phi) is 11.2. The lowest BCUT2D eigenvalue weighted by molar-refractivity contribution is -0.387.